The van der Waals surface area contributed by atoms with E-state index >= 15 is 0 Å². The average molecular weight is 175 g/mol. The van der Waals surface area contributed by atoms with E-state index in [1.54, 1.807) is 6.33 Å². The lowest BCUT2D eigenvalue weighted by atomic mass is 10.1. The van der Waals surface area contributed by atoms with Crippen molar-refractivity contribution < 1.29 is 4.79 Å². The van der Waals surface area contributed by atoms with Crippen molar-refractivity contribution in [2.75, 3.05) is 0 Å². The fourth-order valence-electron chi connectivity index (χ4n) is 1.29. The Labute approximate surface area is 74.8 Å². The molecule has 1 heterocycles. The molecule has 3 N–H and O–H groups in total. The first-order valence-corrected chi connectivity index (χ1v) is 3.96. The van der Waals surface area contributed by atoms with E-state index in [-0.39, 0.29) is 12.3 Å². The number of nitrogens with two attached hydrogens (primary N) is 1. The normalized spacial score (nSPS) is 10.5. The van der Waals surface area contributed by atoms with E-state index in [4.69, 9.17) is 5.73 Å². The second-order valence-corrected chi connectivity index (χ2v) is 2.90. The first-order chi connectivity index (χ1) is 6.25. The number of imidazole rings is 1. The fourth-order valence-corrected chi connectivity index (χ4v) is 1.29. The fraction of sp³-hybridized carbons (Fsp3) is 0.111. The van der Waals surface area contributed by atoms with E-state index in [0.717, 1.165) is 16.6 Å². The molecule has 2 aromatic rings. The number of hydrogen-bond donors (Lipinski definition) is 2. The standard InChI is InChI=1S/C9H9N3O/c10-9(13)4-6-1-2-7-8(3-6)12-5-11-7/h1-3,5H,4H2,(H2,10,13)(H,11,12). The molecule has 0 fully saturated rings. The van der Waals surface area contributed by atoms with Crippen LogP contribution in [0.5, 0.6) is 0 Å². The number of carbonyl (C=O) groups is 1. The highest BCUT2D eigenvalue weighted by Gasteiger charge is 2.00. The summed E-state index contributed by atoms with van der Waals surface area (Å²) < 4.78 is 0. The van der Waals surface area contributed by atoms with Gasteiger partial charge in [-0.3, -0.25) is 4.79 Å². The van der Waals surface area contributed by atoms with Crippen LogP contribution in [0.15, 0.2) is 24.5 Å². The van der Waals surface area contributed by atoms with Gasteiger partial charge in [-0.15, -0.1) is 0 Å². The number of hydrogen-bond acceptors (Lipinski definition) is 2. The van der Waals surface area contributed by atoms with E-state index in [1.165, 1.54) is 0 Å². The van der Waals surface area contributed by atoms with Crippen molar-refractivity contribution in [2.24, 2.45) is 5.73 Å². The maximum Gasteiger partial charge on any atom is 0.221 e. The lowest BCUT2D eigenvalue weighted by Gasteiger charge is -1.96. The molecule has 0 atom stereocenters. The molecule has 2 rings (SSSR count). The van der Waals surface area contributed by atoms with Crippen molar-refractivity contribution in [3.63, 3.8) is 0 Å². The number of H-pyrrole nitrogens is 1. The summed E-state index contributed by atoms with van der Waals surface area (Å²) in [4.78, 5) is 17.7. The smallest absolute Gasteiger partial charge is 0.221 e. The number of aromatic nitrogens is 2. The van der Waals surface area contributed by atoms with Crippen molar-refractivity contribution in [2.45, 2.75) is 6.42 Å². The number of benzene rings is 1. The van der Waals surface area contributed by atoms with Gasteiger partial charge in [-0.1, -0.05) is 6.07 Å². The highest BCUT2D eigenvalue weighted by atomic mass is 16.1. The Morgan fingerprint density at radius 1 is 1.54 bits per heavy atom. The summed E-state index contributed by atoms with van der Waals surface area (Å²) in [6.45, 7) is 0. The number of aromatic amines is 1. The highest BCUT2D eigenvalue weighted by Crippen LogP contribution is 2.11. The first-order valence-electron chi connectivity index (χ1n) is 3.96. The quantitative estimate of drug-likeness (QED) is 0.701. The van der Waals surface area contributed by atoms with Gasteiger partial charge in [0.05, 0.1) is 23.8 Å². The van der Waals surface area contributed by atoms with Crippen molar-refractivity contribution in [1.29, 1.82) is 0 Å². The Morgan fingerprint density at radius 3 is 3.15 bits per heavy atom. The van der Waals surface area contributed by atoms with Crippen LogP contribution in [0.25, 0.3) is 11.0 Å². The number of rotatable bonds is 2. The number of nitrogens with one attached hydrogen (secondary N) is 1. The molecule has 4 heteroatoms. The Morgan fingerprint density at radius 2 is 2.38 bits per heavy atom. The predicted molar refractivity (Wildman–Crippen MR) is 49.0 cm³/mol. The molecule has 1 aromatic carbocycles. The summed E-state index contributed by atoms with van der Waals surface area (Å²) in [5.74, 6) is -0.320. The van der Waals surface area contributed by atoms with Crippen LogP contribution in [0.4, 0.5) is 0 Å². The van der Waals surface area contributed by atoms with Crippen LogP contribution >= 0.6 is 0 Å². The Bertz CT molecular complexity index is 447. The lowest BCUT2D eigenvalue weighted by Crippen LogP contribution is -2.13. The van der Waals surface area contributed by atoms with E-state index in [2.05, 4.69) is 9.97 Å². The zero-order valence-corrected chi connectivity index (χ0v) is 6.95. The van der Waals surface area contributed by atoms with Crippen LogP contribution in [0.1, 0.15) is 5.56 Å². The highest BCUT2D eigenvalue weighted by molar-refractivity contribution is 5.80. The topological polar surface area (TPSA) is 71.8 Å². The molecule has 0 bridgehead atoms. The van der Waals surface area contributed by atoms with Gasteiger partial charge in [-0.25, -0.2) is 4.98 Å². The third kappa shape index (κ3) is 1.51. The minimum Gasteiger partial charge on any atom is -0.369 e. The second kappa shape index (κ2) is 2.90. The molecule has 0 radical (unpaired) electrons. The van der Waals surface area contributed by atoms with Gasteiger partial charge in [0.2, 0.25) is 5.91 Å². The molecule has 1 amide bonds. The Kier molecular flexibility index (Phi) is 1.73. The zero-order chi connectivity index (χ0) is 9.26. The van der Waals surface area contributed by atoms with Crippen LogP contribution in [-0.4, -0.2) is 15.9 Å². The largest absolute Gasteiger partial charge is 0.369 e. The molecule has 0 aliphatic carbocycles. The van der Waals surface area contributed by atoms with Gasteiger partial charge in [0, 0.05) is 0 Å². The first kappa shape index (κ1) is 7.79. The van der Waals surface area contributed by atoms with Crippen LogP contribution < -0.4 is 5.73 Å². The number of carbonyl (C=O) groups excluding carboxylic acids is 1. The minimum absolute atomic E-state index is 0.273. The molecule has 1 aromatic heterocycles. The van der Waals surface area contributed by atoms with Crippen molar-refractivity contribution in [3.8, 4) is 0 Å². The summed E-state index contributed by atoms with van der Waals surface area (Å²) in [5.41, 5.74) is 7.81. The second-order valence-electron chi connectivity index (χ2n) is 2.90. The molecule has 66 valence electrons. The number of nitrogens with zero attached hydrogens (tertiary/aromatic N) is 1. The van der Waals surface area contributed by atoms with Crippen LogP contribution in [0.2, 0.25) is 0 Å². The lowest BCUT2D eigenvalue weighted by molar-refractivity contribution is -0.117. The minimum atomic E-state index is -0.320. The molecule has 0 spiro atoms. The summed E-state index contributed by atoms with van der Waals surface area (Å²) in [6, 6.07) is 5.60. The number of amides is 1. The average Bonchev–Trinajstić information content (AvgIpc) is 2.49. The van der Waals surface area contributed by atoms with Gasteiger partial charge >= 0.3 is 0 Å². The molecule has 0 aliphatic rings. The van der Waals surface area contributed by atoms with E-state index < -0.39 is 0 Å². The van der Waals surface area contributed by atoms with Gasteiger partial charge in [0.1, 0.15) is 0 Å². The molecule has 0 saturated carbocycles. The van der Waals surface area contributed by atoms with Gasteiger partial charge in [-0.05, 0) is 17.7 Å². The molecule has 0 saturated heterocycles. The Hall–Kier alpha value is -1.84. The Balaban J connectivity index is 2.42. The molecule has 0 unspecified atom stereocenters. The number of fused-ring (bicyclic) bond motifs is 1. The van der Waals surface area contributed by atoms with Gasteiger partial charge in [0.25, 0.3) is 0 Å². The van der Waals surface area contributed by atoms with Crippen LogP contribution in [0.3, 0.4) is 0 Å². The van der Waals surface area contributed by atoms with E-state index in [9.17, 15) is 4.79 Å². The van der Waals surface area contributed by atoms with Crippen molar-refractivity contribution in [1.82, 2.24) is 9.97 Å². The third-order valence-corrected chi connectivity index (χ3v) is 1.86. The van der Waals surface area contributed by atoms with Gasteiger partial charge in [-0.2, -0.15) is 0 Å². The molecule has 0 aliphatic heterocycles. The molecular weight excluding hydrogens is 166 g/mol. The maximum absolute atomic E-state index is 10.6. The van der Waals surface area contributed by atoms with E-state index in [1.807, 2.05) is 18.2 Å². The molecule has 13 heavy (non-hydrogen) atoms. The summed E-state index contributed by atoms with van der Waals surface area (Å²) >= 11 is 0. The summed E-state index contributed by atoms with van der Waals surface area (Å²) in [7, 11) is 0. The van der Waals surface area contributed by atoms with Crippen molar-refractivity contribution in [3.05, 3.63) is 30.1 Å². The van der Waals surface area contributed by atoms with Crippen LogP contribution in [-0.2, 0) is 11.2 Å². The van der Waals surface area contributed by atoms with Crippen LogP contribution in [0, 0.1) is 0 Å². The van der Waals surface area contributed by atoms with E-state index in [0.29, 0.717) is 0 Å². The predicted octanol–water partition coefficient (Wildman–Crippen LogP) is 0.591. The maximum atomic E-state index is 10.6. The monoisotopic (exact) mass is 175 g/mol. The number of primary amides is 1. The SMILES string of the molecule is NC(=O)Cc1ccc2nc[nH]c2c1. The van der Waals surface area contributed by atoms with Gasteiger partial charge < -0.3 is 10.7 Å². The molecular formula is C9H9N3O. The summed E-state index contributed by atoms with van der Waals surface area (Å²) in [6.07, 6.45) is 1.90. The molecule has 4 nitrogen and oxygen atoms in total. The zero-order valence-electron chi connectivity index (χ0n) is 6.95. The third-order valence-electron chi connectivity index (χ3n) is 1.86. The van der Waals surface area contributed by atoms with Gasteiger partial charge in [0.15, 0.2) is 0 Å². The van der Waals surface area contributed by atoms with Crippen molar-refractivity contribution >= 4 is 16.9 Å². The summed E-state index contributed by atoms with van der Waals surface area (Å²) in [5, 5.41) is 0.